The summed E-state index contributed by atoms with van der Waals surface area (Å²) in [4.78, 5) is 5.10. The lowest BCUT2D eigenvalue weighted by Crippen LogP contribution is -2.55. The van der Waals surface area contributed by atoms with E-state index in [4.69, 9.17) is 9.47 Å². The summed E-state index contributed by atoms with van der Waals surface area (Å²) < 4.78 is 11.9. The zero-order chi connectivity index (χ0) is 21.0. The maximum absolute atomic E-state index is 6.33. The number of hydrogen-bond acceptors (Lipinski definition) is 5. The minimum absolute atomic E-state index is 0. The molecule has 1 saturated carbocycles. The minimum Gasteiger partial charge on any atom is -0.493 e. The van der Waals surface area contributed by atoms with Crippen LogP contribution in [-0.4, -0.2) is 56.9 Å². The van der Waals surface area contributed by atoms with Gasteiger partial charge in [0.25, 0.3) is 0 Å². The summed E-state index contributed by atoms with van der Waals surface area (Å²) in [5.41, 5.74) is 4.25. The zero-order valence-electron chi connectivity index (χ0n) is 19.5. The van der Waals surface area contributed by atoms with Gasteiger partial charge in [0.05, 0.1) is 13.2 Å². The number of benzene rings is 2. The van der Waals surface area contributed by atoms with Crippen LogP contribution in [-0.2, 0) is 13.0 Å². The van der Waals surface area contributed by atoms with Crippen molar-refractivity contribution in [3.63, 3.8) is 0 Å². The van der Waals surface area contributed by atoms with Gasteiger partial charge in [0.15, 0.2) is 11.5 Å². The van der Waals surface area contributed by atoms with E-state index in [0.29, 0.717) is 12.1 Å². The number of hydrogen-bond donors (Lipinski definition) is 1. The van der Waals surface area contributed by atoms with Gasteiger partial charge < -0.3 is 19.7 Å². The molecule has 0 spiro atoms. The van der Waals surface area contributed by atoms with E-state index in [1.807, 2.05) is 0 Å². The Kier molecular flexibility index (Phi) is 9.57. The Balaban J connectivity index is 0.00000153. The number of rotatable bonds is 6. The summed E-state index contributed by atoms with van der Waals surface area (Å²) in [5.74, 6) is 1.74. The van der Waals surface area contributed by atoms with Crippen molar-refractivity contribution in [2.45, 2.75) is 50.8 Å². The number of piperazine rings is 1. The van der Waals surface area contributed by atoms with Gasteiger partial charge in [-0.15, -0.1) is 24.8 Å². The van der Waals surface area contributed by atoms with Crippen molar-refractivity contribution in [2.75, 3.05) is 44.7 Å². The normalized spacial score (nSPS) is 21.0. The third-order valence-electron chi connectivity index (χ3n) is 7.05. The second-order valence-corrected chi connectivity index (χ2v) is 9.21. The van der Waals surface area contributed by atoms with Crippen molar-refractivity contribution in [1.29, 1.82) is 0 Å². The highest BCUT2D eigenvalue weighted by molar-refractivity contribution is 5.85. The monoisotopic (exact) mass is 493 g/mol. The molecule has 0 radical (unpaired) electrons. The third kappa shape index (κ3) is 6.27. The van der Waals surface area contributed by atoms with Crippen LogP contribution >= 0.6 is 24.8 Å². The van der Waals surface area contributed by atoms with Crippen LogP contribution in [0.2, 0.25) is 0 Å². The quantitative estimate of drug-likeness (QED) is 0.631. The highest BCUT2D eigenvalue weighted by atomic mass is 35.5. The van der Waals surface area contributed by atoms with Crippen LogP contribution < -0.4 is 19.7 Å². The van der Waals surface area contributed by atoms with Crippen molar-refractivity contribution in [3.8, 4) is 11.5 Å². The fraction of sp³-hybridized carbons (Fsp3) is 0.538. The van der Waals surface area contributed by atoms with Crippen LogP contribution in [0.1, 0.15) is 36.8 Å². The third-order valence-corrected chi connectivity index (χ3v) is 7.05. The fourth-order valence-corrected chi connectivity index (χ4v) is 5.34. The van der Waals surface area contributed by atoms with Crippen molar-refractivity contribution < 1.29 is 9.47 Å². The summed E-state index contributed by atoms with van der Waals surface area (Å²) in [6.45, 7) is 6.36. The molecule has 5 rings (SSSR count). The van der Waals surface area contributed by atoms with E-state index in [0.717, 1.165) is 70.0 Å². The average Bonchev–Trinajstić information content (AvgIpc) is 3.32. The van der Waals surface area contributed by atoms with E-state index in [1.165, 1.54) is 29.7 Å². The van der Waals surface area contributed by atoms with E-state index < -0.39 is 0 Å². The molecule has 2 aliphatic heterocycles. The lowest BCUT2D eigenvalue weighted by Gasteiger charge is -2.39. The Morgan fingerprint density at radius 2 is 1.76 bits per heavy atom. The maximum atomic E-state index is 6.33. The minimum atomic E-state index is 0. The zero-order valence-corrected chi connectivity index (χ0v) is 21.1. The number of fused-ring (bicyclic) bond motifs is 1. The van der Waals surface area contributed by atoms with Crippen LogP contribution in [0.5, 0.6) is 11.5 Å². The molecule has 0 aromatic heterocycles. The van der Waals surface area contributed by atoms with E-state index in [1.54, 1.807) is 7.11 Å². The number of methoxy groups -OCH3 is 1. The molecule has 2 aromatic carbocycles. The van der Waals surface area contributed by atoms with Crippen LogP contribution in [0.15, 0.2) is 42.5 Å². The molecule has 2 aromatic rings. The first kappa shape index (κ1) is 26.0. The van der Waals surface area contributed by atoms with Crippen molar-refractivity contribution in [1.82, 2.24) is 10.2 Å². The van der Waals surface area contributed by atoms with Crippen LogP contribution in [0.4, 0.5) is 5.69 Å². The van der Waals surface area contributed by atoms with E-state index in [-0.39, 0.29) is 24.8 Å². The fourth-order valence-electron chi connectivity index (χ4n) is 5.34. The second-order valence-electron chi connectivity index (χ2n) is 9.21. The standard InChI is InChI=1S/C26H35N3O2.2ClH/c1-30-25-11-10-23(16-26(25)31-24-8-4-5-9-24)29-15-13-27-22(19-29)18-28-14-12-20-6-2-3-7-21(20)17-28;;/h2-3,6-7,10-11,16,22,24,27H,4-5,8-9,12-15,17-19H2,1H3;2*1H. The Morgan fingerprint density at radius 1 is 0.970 bits per heavy atom. The van der Waals surface area contributed by atoms with Gasteiger partial charge in [0.2, 0.25) is 0 Å². The van der Waals surface area contributed by atoms with Crippen LogP contribution in [0, 0.1) is 0 Å². The first-order valence-corrected chi connectivity index (χ1v) is 11.9. The Hall–Kier alpha value is -1.66. The molecule has 0 bridgehead atoms. The Morgan fingerprint density at radius 3 is 2.55 bits per heavy atom. The van der Waals surface area contributed by atoms with Crippen molar-refractivity contribution >= 4 is 30.5 Å². The number of ether oxygens (including phenoxy) is 2. The first-order valence-electron chi connectivity index (χ1n) is 11.9. The molecule has 1 saturated heterocycles. The van der Waals surface area contributed by atoms with Gasteiger partial charge in [-0.05, 0) is 55.4 Å². The highest BCUT2D eigenvalue weighted by Crippen LogP contribution is 2.35. The summed E-state index contributed by atoms with van der Waals surface area (Å²) >= 11 is 0. The Bertz CT molecular complexity index is 892. The molecule has 1 unspecified atom stereocenters. The van der Waals surface area contributed by atoms with Gasteiger partial charge in [-0.2, -0.15) is 0 Å². The highest BCUT2D eigenvalue weighted by Gasteiger charge is 2.25. The summed E-state index contributed by atoms with van der Waals surface area (Å²) in [7, 11) is 1.73. The molecule has 1 N–H and O–H groups in total. The van der Waals surface area contributed by atoms with E-state index in [9.17, 15) is 0 Å². The molecule has 3 aliphatic rings. The van der Waals surface area contributed by atoms with Gasteiger partial charge in [-0.25, -0.2) is 0 Å². The number of nitrogens with zero attached hydrogens (tertiary/aromatic N) is 2. The average molecular weight is 495 g/mol. The lowest BCUT2D eigenvalue weighted by molar-refractivity contribution is 0.200. The molecule has 1 atom stereocenters. The molecule has 182 valence electrons. The molecule has 1 aliphatic carbocycles. The Labute approximate surface area is 210 Å². The molecule has 33 heavy (non-hydrogen) atoms. The second kappa shape index (κ2) is 12.2. The number of anilines is 1. The number of nitrogens with one attached hydrogen (secondary N) is 1. The predicted molar refractivity (Wildman–Crippen MR) is 140 cm³/mol. The molecule has 5 nitrogen and oxygen atoms in total. The summed E-state index contributed by atoms with van der Waals surface area (Å²) in [6.07, 6.45) is 6.35. The smallest absolute Gasteiger partial charge is 0.163 e. The topological polar surface area (TPSA) is 37.0 Å². The van der Waals surface area contributed by atoms with Gasteiger partial charge in [-0.1, -0.05) is 24.3 Å². The summed E-state index contributed by atoms with van der Waals surface area (Å²) in [6, 6.07) is 15.8. The first-order chi connectivity index (χ1) is 15.3. The summed E-state index contributed by atoms with van der Waals surface area (Å²) in [5, 5.41) is 3.75. The van der Waals surface area contributed by atoms with Crippen LogP contribution in [0.3, 0.4) is 0 Å². The maximum Gasteiger partial charge on any atom is 0.163 e. The van der Waals surface area contributed by atoms with Crippen molar-refractivity contribution in [3.05, 3.63) is 53.6 Å². The van der Waals surface area contributed by atoms with Crippen molar-refractivity contribution in [2.24, 2.45) is 0 Å². The number of halogens is 2. The van der Waals surface area contributed by atoms with E-state index in [2.05, 4.69) is 57.6 Å². The van der Waals surface area contributed by atoms with Gasteiger partial charge >= 0.3 is 0 Å². The van der Waals surface area contributed by atoms with Crippen LogP contribution in [0.25, 0.3) is 0 Å². The largest absolute Gasteiger partial charge is 0.493 e. The predicted octanol–water partition coefficient (Wildman–Crippen LogP) is 4.70. The molecular weight excluding hydrogens is 457 g/mol. The molecule has 0 amide bonds. The lowest BCUT2D eigenvalue weighted by atomic mass is 9.99. The van der Waals surface area contributed by atoms with E-state index >= 15 is 0 Å². The van der Waals surface area contributed by atoms with Gasteiger partial charge in [-0.3, -0.25) is 4.90 Å². The van der Waals surface area contributed by atoms with Gasteiger partial charge in [0, 0.05) is 57.1 Å². The molecular formula is C26H37Cl2N3O2. The SMILES string of the molecule is COc1ccc(N2CCNC(CN3CCc4ccccc4C3)C2)cc1OC1CCCC1.Cl.Cl. The molecule has 2 fully saturated rings. The molecule has 2 heterocycles. The van der Waals surface area contributed by atoms with Gasteiger partial charge in [0.1, 0.15) is 0 Å². The molecule has 7 heteroatoms.